The van der Waals surface area contributed by atoms with Crippen LogP contribution in [0.15, 0.2) is 21.3 Å². The van der Waals surface area contributed by atoms with E-state index in [9.17, 15) is 4.79 Å². The number of urea groups is 1. The van der Waals surface area contributed by atoms with Gasteiger partial charge in [-0.1, -0.05) is 5.16 Å². The van der Waals surface area contributed by atoms with Crippen molar-refractivity contribution >= 4 is 17.4 Å². The van der Waals surface area contributed by atoms with Crippen LogP contribution in [-0.4, -0.2) is 34.7 Å². The van der Waals surface area contributed by atoms with Gasteiger partial charge in [-0.3, -0.25) is 0 Å². The van der Waals surface area contributed by atoms with E-state index >= 15 is 0 Å². The van der Waals surface area contributed by atoms with Crippen LogP contribution in [0.3, 0.4) is 0 Å². The number of ether oxygens (including phenoxy) is 1. The van der Waals surface area contributed by atoms with Gasteiger partial charge in [0.25, 0.3) is 0 Å². The smallest absolute Gasteiger partial charge is 0.318 e. The minimum atomic E-state index is -0.160. The van der Waals surface area contributed by atoms with Crippen molar-refractivity contribution in [1.82, 2.24) is 20.4 Å². The van der Waals surface area contributed by atoms with Crippen molar-refractivity contribution in [3.05, 3.63) is 34.1 Å². The lowest BCUT2D eigenvalue weighted by Gasteiger charge is -2.22. The molecule has 1 N–H and O–H groups in total. The summed E-state index contributed by atoms with van der Waals surface area (Å²) in [5.41, 5.74) is 1.09. The second-order valence-corrected chi connectivity index (χ2v) is 5.56. The van der Waals surface area contributed by atoms with Crippen molar-refractivity contribution in [2.24, 2.45) is 0 Å². The Kier molecular flexibility index (Phi) is 5.91. The number of nitrogens with zero attached hydrogens (tertiary/aromatic N) is 3. The maximum absolute atomic E-state index is 12.3. The first-order valence-corrected chi connectivity index (χ1v) is 7.96. The number of hydrogen-bond donors (Lipinski definition) is 1. The molecule has 0 fully saturated rings. The normalized spacial score (nSPS) is 12.1. The molecule has 0 bridgehead atoms. The van der Waals surface area contributed by atoms with Gasteiger partial charge in [-0.25, -0.2) is 4.79 Å². The molecule has 2 amide bonds. The summed E-state index contributed by atoms with van der Waals surface area (Å²) in [7, 11) is 1.56. The molecule has 1 unspecified atom stereocenters. The van der Waals surface area contributed by atoms with Gasteiger partial charge in [0, 0.05) is 13.7 Å². The molecule has 7 nitrogen and oxygen atoms in total. The van der Waals surface area contributed by atoms with E-state index in [1.807, 2.05) is 30.7 Å². The predicted octanol–water partition coefficient (Wildman–Crippen LogP) is 2.57. The fourth-order valence-electron chi connectivity index (χ4n) is 1.91. The summed E-state index contributed by atoms with van der Waals surface area (Å²) in [4.78, 5) is 18.1. The van der Waals surface area contributed by atoms with Gasteiger partial charge in [0.1, 0.15) is 13.2 Å². The Morgan fingerprint density at radius 2 is 2.41 bits per heavy atom. The van der Waals surface area contributed by atoms with Gasteiger partial charge in [0.15, 0.2) is 5.82 Å². The quantitative estimate of drug-likeness (QED) is 0.846. The van der Waals surface area contributed by atoms with E-state index in [1.54, 1.807) is 23.3 Å². The molecule has 0 aliphatic carbocycles. The summed E-state index contributed by atoms with van der Waals surface area (Å²) >= 11 is 1.61. The number of rotatable bonds is 7. The average Bonchev–Trinajstić information content (AvgIpc) is 3.16. The van der Waals surface area contributed by atoms with Crippen LogP contribution in [0.5, 0.6) is 0 Å². The molecule has 0 aliphatic rings. The van der Waals surface area contributed by atoms with Gasteiger partial charge in [0.2, 0.25) is 5.89 Å². The Hall–Kier alpha value is -1.93. The Balaban J connectivity index is 1.93. The molecule has 2 heterocycles. The Labute approximate surface area is 133 Å². The molecule has 0 saturated heterocycles. The number of aromatic nitrogens is 2. The minimum Gasteiger partial charge on any atom is -0.377 e. The Morgan fingerprint density at radius 3 is 3.05 bits per heavy atom. The summed E-state index contributed by atoms with van der Waals surface area (Å²) in [6.07, 6.45) is 0. The van der Waals surface area contributed by atoms with Crippen molar-refractivity contribution in [1.29, 1.82) is 0 Å². The van der Waals surface area contributed by atoms with Crippen LogP contribution in [0.25, 0.3) is 0 Å². The van der Waals surface area contributed by atoms with Gasteiger partial charge >= 0.3 is 6.03 Å². The van der Waals surface area contributed by atoms with Gasteiger partial charge in [-0.15, -0.1) is 0 Å². The zero-order valence-electron chi connectivity index (χ0n) is 12.9. The lowest BCUT2D eigenvalue weighted by molar-refractivity contribution is 0.174. The highest BCUT2D eigenvalue weighted by Gasteiger charge is 2.18. The molecule has 8 heteroatoms. The average molecular weight is 324 g/mol. The second-order valence-electron chi connectivity index (χ2n) is 4.78. The maximum Gasteiger partial charge on any atom is 0.318 e. The van der Waals surface area contributed by atoms with E-state index in [0.29, 0.717) is 18.3 Å². The predicted molar refractivity (Wildman–Crippen MR) is 82.4 cm³/mol. The topological polar surface area (TPSA) is 80.5 Å². The molecule has 22 heavy (non-hydrogen) atoms. The van der Waals surface area contributed by atoms with Gasteiger partial charge < -0.3 is 19.5 Å². The van der Waals surface area contributed by atoms with Crippen LogP contribution in [-0.2, 0) is 17.9 Å². The number of nitrogens with one attached hydrogen (secondary N) is 1. The Bertz CT molecular complexity index is 585. The van der Waals surface area contributed by atoms with E-state index in [-0.39, 0.29) is 25.2 Å². The van der Waals surface area contributed by atoms with E-state index in [1.165, 1.54) is 0 Å². The Morgan fingerprint density at radius 1 is 1.59 bits per heavy atom. The van der Waals surface area contributed by atoms with Crippen molar-refractivity contribution in [3.63, 3.8) is 0 Å². The first-order chi connectivity index (χ1) is 10.6. The largest absolute Gasteiger partial charge is 0.377 e. The van der Waals surface area contributed by atoms with E-state index in [4.69, 9.17) is 9.26 Å². The lowest BCUT2D eigenvalue weighted by atomic mass is 10.2. The van der Waals surface area contributed by atoms with Crippen molar-refractivity contribution in [3.8, 4) is 0 Å². The monoisotopic (exact) mass is 324 g/mol. The number of carbonyl (C=O) groups is 1. The van der Waals surface area contributed by atoms with Crippen LogP contribution in [0.4, 0.5) is 4.79 Å². The van der Waals surface area contributed by atoms with Gasteiger partial charge in [-0.05, 0) is 36.2 Å². The van der Waals surface area contributed by atoms with E-state index in [0.717, 1.165) is 5.56 Å². The first kappa shape index (κ1) is 16.4. The summed E-state index contributed by atoms with van der Waals surface area (Å²) in [5, 5.41) is 10.8. The SMILES string of the molecule is CCN(Cc1nc(COC)no1)C(=O)NC(C)c1ccsc1. The molecule has 0 saturated carbocycles. The molecular weight excluding hydrogens is 304 g/mol. The summed E-state index contributed by atoms with van der Waals surface area (Å²) in [6.45, 7) is 4.97. The number of carbonyl (C=O) groups excluding carboxylic acids is 1. The molecule has 1 atom stereocenters. The van der Waals surface area contributed by atoms with Crippen LogP contribution >= 0.6 is 11.3 Å². The molecule has 2 aromatic heterocycles. The van der Waals surface area contributed by atoms with E-state index in [2.05, 4.69) is 15.5 Å². The fourth-order valence-corrected chi connectivity index (χ4v) is 2.67. The highest BCUT2D eigenvalue weighted by Crippen LogP contribution is 2.16. The molecule has 0 aliphatic heterocycles. The summed E-state index contributed by atoms with van der Waals surface area (Å²) in [5.74, 6) is 0.868. The number of amides is 2. The van der Waals surface area contributed by atoms with Crippen LogP contribution in [0.1, 0.15) is 37.2 Å². The number of thiophene rings is 1. The van der Waals surface area contributed by atoms with Crippen LogP contribution < -0.4 is 5.32 Å². The molecule has 120 valence electrons. The standard InChI is InChI=1S/C14H20N4O3S/c1-4-18(7-13-16-12(8-20-3)17-21-13)14(19)15-10(2)11-5-6-22-9-11/h5-6,9-10H,4,7-8H2,1-3H3,(H,15,19). The van der Waals surface area contributed by atoms with Crippen molar-refractivity contribution in [2.75, 3.05) is 13.7 Å². The van der Waals surface area contributed by atoms with Crippen LogP contribution in [0.2, 0.25) is 0 Å². The maximum atomic E-state index is 12.3. The molecule has 0 aromatic carbocycles. The molecule has 2 aromatic rings. The third kappa shape index (κ3) is 4.28. The summed E-state index contributed by atoms with van der Waals surface area (Å²) in [6, 6.07) is 1.80. The van der Waals surface area contributed by atoms with Gasteiger partial charge in [0.05, 0.1) is 6.04 Å². The molecule has 0 radical (unpaired) electrons. The van der Waals surface area contributed by atoms with Crippen molar-refractivity contribution < 1.29 is 14.1 Å². The zero-order chi connectivity index (χ0) is 15.9. The molecule has 0 spiro atoms. The summed E-state index contributed by atoms with van der Waals surface area (Å²) < 4.78 is 10.1. The fraction of sp³-hybridized carbons (Fsp3) is 0.500. The highest BCUT2D eigenvalue weighted by atomic mass is 32.1. The van der Waals surface area contributed by atoms with Crippen molar-refractivity contribution in [2.45, 2.75) is 33.0 Å². The first-order valence-electron chi connectivity index (χ1n) is 7.02. The lowest BCUT2D eigenvalue weighted by Crippen LogP contribution is -2.40. The van der Waals surface area contributed by atoms with E-state index < -0.39 is 0 Å². The molecule has 2 rings (SSSR count). The zero-order valence-corrected chi connectivity index (χ0v) is 13.7. The van der Waals surface area contributed by atoms with Crippen LogP contribution in [0, 0.1) is 0 Å². The second kappa shape index (κ2) is 7.90. The highest BCUT2D eigenvalue weighted by molar-refractivity contribution is 7.07. The number of hydrogen-bond acceptors (Lipinski definition) is 6. The molecular formula is C14H20N4O3S. The number of methoxy groups -OCH3 is 1. The third-order valence-corrected chi connectivity index (χ3v) is 3.86. The minimum absolute atomic E-state index is 0.0421. The van der Waals surface area contributed by atoms with Gasteiger partial charge in [-0.2, -0.15) is 16.3 Å². The third-order valence-electron chi connectivity index (χ3n) is 3.16.